The second-order valence-corrected chi connectivity index (χ2v) is 5.02. The molecular weight excluding hydrogens is 240 g/mol. The number of rotatable bonds is 1. The Morgan fingerprint density at radius 3 is 2.33 bits per heavy atom. The van der Waals surface area contributed by atoms with Crippen LogP contribution in [0.1, 0.15) is 32.1 Å². The molecule has 6 nitrogen and oxygen atoms in total. The average molecular weight is 260 g/mol. The van der Waals surface area contributed by atoms with E-state index < -0.39 is 29.9 Å². The first-order valence-corrected chi connectivity index (χ1v) is 6.29. The highest BCUT2D eigenvalue weighted by Gasteiger charge is 2.52. The predicted octanol–water partition coefficient (Wildman–Crippen LogP) is -0.436. The van der Waals surface area contributed by atoms with E-state index in [1.165, 1.54) is 0 Å². The van der Waals surface area contributed by atoms with Gasteiger partial charge < -0.3 is 30.3 Å². The van der Waals surface area contributed by atoms with Crippen molar-refractivity contribution in [3.63, 3.8) is 0 Å². The summed E-state index contributed by atoms with van der Waals surface area (Å²) in [7, 11) is 0. The van der Waals surface area contributed by atoms with Crippen LogP contribution in [0.2, 0.25) is 0 Å². The minimum Gasteiger partial charge on any atom is -0.507 e. The Morgan fingerprint density at radius 2 is 1.72 bits per heavy atom. The summed E-state index contributed by atoms with van der Waals surface area (Å²) >= 11 is 0. The van der Waals surface area contributed by atoms with Crippen molar-refractivity contribution in [2.45, 2.75) is 56.2 Å². The van der Waals surface area contributed by atoms with Crippen LogP contribution in [0.4, 0.5) is 0 Å². The molecule has 2 aliphatic rings. The lowest BCUT2D eigenvalue weighted by Crippen LogP contribution is -2.62. The summed E-state index contributed by atoms with van der Waals surface area (Å²) in [4.78, 5) is 0. The minimum atomic E-state index is -2.31. The number of allylic oxidation sites excluding steroid dienone is 1. The third-order valence-corrected chi connectivity index (χ3v) is 3.72. The predicted molar refractivity (Wildman–Crippen MR) is 61.7 cm³/mol. The van der Waals surface area contributed by atoms with Crippen LogP contribution >= 0.6 is 0 Å². The summed E-state index contributed by atoms with van der Waals surface area (Å²) in [5.74, 6) is -2.73. The van der Waals surface area contributed by atoms with Crippen LogP contribution in [0.25, 0.3) is 0 Å². The van der Waals surface area contributed by atoms with Crippen LogP contribution in [0, 0.1) is 0 Å². The fraction of sp³-hybridized carbons (Fsp3) is 0.833. The Morgan fingerprint density at radius 1 is 1.11 bits per heavy atom. The lowest BCUT2D eigenvalue weighted by Gasteiger charge is -2.41. The maximum Gasteiger partial charge on any atom is 0.254 e. The van der Waals surface area contributed by atoms with E-state index in [-0.39, 0.29) is 6.61 Å². The van der Waals surface area contributed by atoms with Gasteiger partial charge in [-0.15, -0.1) is 0 Å². The van der Waals surface area contributed by atoms with Gasteiger partial charge in [-0.2, -0.15) is 0 Å². The molecule has 0 amide bonds. The molecule has 0 spiro atoms. The van der Waals surface area contributed by atoms with Crippen molar-refractivity contribution in [1.82, 2.24) is 0 Å². The lowest BCUT2D eigenvalue weighted by molar-refractivity contribution is -0.313. The minimum absolute atomic E-state index is 0.341. The van der Waals surface area contributed by atoms with E-state index in [0.29, 0.717) is 18.4 Å². The zero-order valence-corrected chi connectivity index (χ0v) is 10.1. The third kappa shape index (κ3) is 2.26. The van der Waals surface area contributed by atoms with Gasteiger partial charge >= 0.3 is 0 Å². The second kappa shape index (κ2) is 5.14. The summed E-state index contributed by atoms with van der Waals surface area (Å²) in [5, 5.41) is 49.0. The van der Waals surface area contributed by atoms with E-state index >= 15 is 0 Å². The topological polar surface area (TPSA) is 110 Å². The summed E-state index contributed by atoms with van der Waals surface area (Å²) < 4.78 is 4.96. The number of hydrogen-bond acceptors (Lipinski definition) is 6. The fourth-order valence-corrected chi connectivity index (χ4v) is 2.52. The van der Waals surface area contributed by atoms with Crippen molar-refractivity contribution in [2.75, 3.05) is 6.61 Å². The molecule has 0 aromatic rings. The third-order valence-electron chi connectivity index (χ3n) is 3.72. The molecule has 2 fully saturated rings. The standard InChI is InChI=1S/C12H20O6/c13-8-6-18-12(17,11(16)9(8)14)10(15)7-4-2-1-3-5-7/h8-9,11,13-17H,1-6H2/t8-,9-,11+,12-/m1/s1. The van der Waals surface area contributed by atoms with Crippen LogP contribution in [-0.2, 0) is 4.74 Å². The first kappa shape index (κ1) is 13.8. The van der Waals surface area contributed by atoms with Gasteiger partial charge in [0, 0.05) is 0 Å². The van der Waals surface area contributed by atoms with Gasteiger partial charge in [-0.3, -0.25) is 0 Å². The number of hydrogen-bond donors (Lipinski definition) is 5. The van der Waals surface area contributed by atoms with Crippen LogP contribution in [0.5, 0.6) is 0 Å². The molecule has 5 N–H and O–H groups in total. The maximum absolute atomic E-state index is 10.2. The van der Waals surface area contributed by atoms with Crippen LogP contribution in [0.3, 0.4) is 0 Å². The molecule has 104 valence electrons. The fourth-order valence-electron chi connectivity index (χ4n) is 2.52. The van der Waals surface area contributed by atoms with Crippen LogP contribution in [-0.4, -0.2) is 56.2 Å². The zero-order valence-electron chi connectivity index (χ0n) is 10.1. The normalized spacial score (nSPS) is 41.8. The van der Waals surface area contributed by atoms with Gasteiger partial charge in [-0.25, -0.2) is 0 Å². The van der Waals surface area contributed by atoms with Gasteiger partial charge in [0.2, 0.25) is 0 Å². The molecule has 1 aliphatic carbocycles. The first-order chi connectivity index (χ1) is 8.47. The van der Waals surface area contributed by atoms with E-state index in [1.807, 2.05) is 0 Å². The monoisotopic (exact) mass is 260 g/mol. The molecule has 0 aromatic carbocycles. The summed E-state index contributed by atoms with van der Waals surface area (Å²) in [6.45, 7) is -0.341. The largest absolute Gasteiger partial charge is 0.507 e. The van der Waals surface area contributed by atoms with E-state index in [9.17, 15) is 25.5 Å². The highest BCUT2D eigenvalue weighted by Crippen LogP contribution is 2.35. The highest BCUT2D eigenvalue weighted by atomic mass is 16.7. The van der Waals surface area contributed by atoms with Gasteiger partial charge in [-0.1, -0.05) is 6.42 Å². The number of aliphatic hydroxyl groups excluding tert-OH is 4. The Kier molecular flexibility index (Phi) is 3.93. The first-order valence-electron chi connectivity index (χ1n) is 6.29. The number of aliphatic hydroxyl groups is 5. The summed E-state index contributed by atoms with van der Waals surface area (Å²) in [6.07, 6.45) is -0.408. The summed E-state index contributed by atoms with van der Waals surface area (Å²) in [6, 6.07) is 0. The SMILES string of the molecule is OC(=C1CCCCC1)[C@@]1(O)OC[C@@H](O)[C@@H](O)[C@@H]1O. The van der Waals surface area contributed by atoms with E-state index in [0.717, 1.165) is 19.3 Å². The van der Waals surface area contributed by atoms with E-state index in [4.69, 9.17) is 4.74 Å². The molecular formula is C12H20O6. The molecule has 18 heavy (non-hydrogen) atoms. The molecule has 1 saturated heterocycles. The second-order valence-electron chi connectivity index (χ2n) is 5.02. The molecule has 6 heteroatoms. The lowest BCUT2D eigenvalue weighted by atomic mass is 9.88. The molecule has 0 unspecified atom stereocenters. The van der Waals surface area contributed by atoms with Crippen molar-refractivity contribution >= 4 is 0 Å². The Hall–Kier alpha value is -0.660. The quantitative estimate of drug-likeness (QED) is 0.409. The number of ether oxygens (including phenoxy) is 1. The molecule has 0 aromatic heterocycles. The van der Waals surface area contributed by atoms with Crippen LogP contribution in [0.15, 0.2) is 11.3 Å². The average Bonchev–Trinajstić information content (AvgIpc) is 2.41. The van der Waals surface area contributed by atoms with Crippen molar-refractivity contribution in [3.05, 3.63) is 11.3 Å². The molecule has 2 rings (SSSR count). The van der Waals surface area contributed by atoms with E-state index in [1.54, 1.807) is 0 Å². The van der Waals surface area contributed by atoms with Gasteiger partial charge in [-0.05, 0) is 31.3 Å². The summed E-state index contributed by atoms with van der Waals surface area (Å²) in [5.41, 5.74) is 0.645. The molecule has 4 atom stereocenters. The highest BCUT2D eigenvalue weighted by molar-refractivity contribution is 5.19. The Balaban J connectivity index is 2.24. The van der Waals surface area contributed by atoms with Crippen molar-refractivity contribution < 1.29 is 30.3 Å². The van der Waals surface area contributed by atoms with Gasteiger partial charge in [0.1, 0.15) is 18.3 Å². The molecule has 0 radical (unpaired) electrons. The Bertz CT molecular complexity index is 333. The smallest absolute Gasteiger partial charge is 0.254 e. The molecule has 0 bridgehead atoms. The van der Waals surface area contributed by atoms with Gasteiger partial charge in [0.25, 0.3) is 5.79 Å². The molecule has 1 saturated carbocycles. The van der Waals surface area contributed by atoms with Crippen LogP contribution < -0.4 is 0 Å². The zero-order chi connectivity index (χ0) is 13.3. The van der Waals surface area contributed by atoms with Crippen molar-refractivity contribution in [1.29, 1.82) is 0 Å². The molecule has 1 heterocycles. The van der Waals surface area contributed by atoms with E-state index in [2.05, 4.69) is 0 Å². The van der Waals surface area contributed by atoms with Crippen molar-refractivity contribution in [3.8, 4) is 0 Å². The molecule has 1 aliphatic heterocycles. The maximum atomic E-state index is 10.2. The van der Waals surface area contributed by atoms with Gasteiger partial charge in [0.05, 0.1) is 6.61 Å². The van der Waals surface area contributed by atoms with Gasteiger partial charge in [0.15, 0.2) is 5.76 Å². The Labute approximate surface area is 105 Å². The van der Waals surface area contributed by atoms with Crippen molar-refractivity contribution in [2.24, 2.45) is 0 Å².